The number of thiophene rings is 1. The van der Waals surface area contributed by atoms with Crippen molar-refractivity contribution in [2.75, 3.05) is 20.8 Å². The monoisotopic (exact) mass is 554 g/mol. The molecule has 0 fully saturated rings. The summed E-state index contributed by atoms with van der Waals surface area (Å²) in [5.74, 6) is -0.600. The van der Waals surface area contributed by atoms with Gasteiger partial charge in [0.05, 0.1) is 25.2 Å². The molecule has 0 aliphatic heterocycles. The third-order valence-corrected chi connectivity index (χ3v) is 7.69. The summed E-state index contributed by atoms with van der Waals surface area (Å²) in [4.78, 5) is 15.9. The fourth-order valence-electron chi connectivity index (χ4n) is 4.58. The van der Waals surface area contributed by atoms with E-state index in [1.807, 2.05) is 30.3 Å². The number of aryl methyl sites for hydroxylation is 1. The van der Waals surface area contributed by atoms with Gasteiger partial charge < -0.3 is 25.2 Å². The van der Waals surface area contributed by atoms with Gasteiger partial charge in [0.15, 0.2) is 11.5 Å². The van der Waals surface area contributed by atoms with E-state index in [0.29, 0.717) is 21.9 Å². The molecule has 3 aromatic carbocycles. The van der Waals surface area contributed by atoms with E-state index in [4.69, 9.17) is 15.2 Å². The lowest BCUT2D eigenvalue weighted by Crippen LogP contribution is -2.46. The van der Waals surface area contributed by atoms with Crippen molar-refractivity contribution in [1.29, 1.82) is 0 Å². The number of carbonyl (C=O) groups excluding carboxylic acids is 1. The van der Waals surface area contributed by atoms with Crippen LogP contribution in [0.4, 0.5) is 8.78 Å². The molecule has 0 spiro atoms. The normalized spacial score (nSPS) is 12.8. The first kappa shape index (κ1) is 28.5. The second kappa shape index (κ2) is 12.5. The molecule has 1 amide bonds. The van der Waals surface area contributed by atoms with Crippen molar-refractivity contribution in [2.24, 2.45) is 5.73 Å². The number of halogens is 2. The van der Waals surface area contributed by atoms with Crippen molar-refractivity contribution in [1.82, 2.24) is 4.90 Å². The standard InChI is InChI=1S/C30H32F2N2O4S/c1-4-18-6-5-7-19(10-18)16-34(17-25(35)24(33)13-20-11-21(31)14-22(32)12-20)30(36)28-15-23-27(39-28)9-8-26(37-2)29(23)38-3/h5-12,14-15,24-25,35H,4,13,16-17,33H2,1-3H3. The van der Waals surface area contributed by atoms with Gasteiger partial charge in [0, 0.05) is 35.3 Å². The SMILES string of the molecule is CCc1cccc(CN(CC(O)C(N)Cc2cc(F)cc(F)c2)C(=O)c2cc3c(OC)c(OC)ccc3s2)c1. The first-order valence-electron chi connectivity index (χ1n) is 12.6. The first-order valence-corrected chi connectivity index (χ1v) is 13.4. The molecule has 1 aromatic heterocycles. The molecule has 0 radical (unpaired) electrons. The Bertz CT molecular complexity index is 1440. The lowest BCUT2D eigenvalue weighted by atomic mass is 10.0. The van der Waals surface area contributed by atoms with E-state index in [0.717, 1.165) is 33.7 Å². The van der Waals surface area contributed by atoms with E-state index < -0.39 is 23.8 Å². The Morgan fingerprint density at radius 1 is 1.00 bits per heavy atom. The maximum absolute atomic E-state index is 13.8. The number of carbonyl (C=O) groups is 1. The molecule has 4 rings (SSSR count). The van der Waals surface area contributed by atoms with Gasteiger partial charge in [-0.05, 0) is 59.9 Å². The molecule has 1 heterocycles. The van der Waals surface area contributed by atoms with Crippen molar-refractivity contribution in [3.63, 3.8) is 0 Å². The highest BCUT2D eigenvalue weighted by atomic mass is 32.1. The summed E-state index contributed by atoms with van der Waals surface area (Å²) < 4.78 is 39.1. The molecule has 2 atom stereocenters. The van der Waals surface area contributed by atoms with Crippen LogP contribution in [0.15, 0.2) is 60.7 Å². The number of methoxy groups -OCH3 is 2. The quantitative estimate of drug-likeness (QED) is 0.262. The minimum Gasteiger partial charge on any atom is -0.493 e. The zero-order valence-corrected chi connectivity index (χ0v) is 22.9. The Morgan fingerprint density at radius 2 is 1.72 bits per heavy atom. The van der Waals surface area contributed by atoms with Crippen molar-refractivity contribution in [2.45, 2.75) is 38.5 Å². The van der Waals surface area contributed by atoms with E-state index >= 15 is 0 Å². The Kier molecular flexibility index (Phi) is 9.16. The number of nitrogens with two attached hydrogens (primary N) is 1. The summed E-state index contributed by atoms with van der Waals surface area (Å²) in [6.07, 6.45) is -0.251. The molecule has 206 valence electrons. The Labute approximate surface area is 230 Å². The van der Waals surface area contributed by atoms with Gasteiger partial charge in [-0.15, -0.1) is 11.3 Å². The molecule has 0 bridgehead atoms. The lowest BCUT2D eigenvalue weighted by molar-refractivity contribution is 0.0558. The van der Waals surface area contributed by atoms with Gasteiger partial charge >= 0.3 is 0 Å². The zero-order valence-electron chi connectivity index (χ0n) is 22.1. The molecule has 0 aliphatic carbocycles. The van der Waals surface area contributed by atoms with Gasteiger partial charge in [-0.2, -0.15) is 0 Å². The number of amides is 1. The number of aliphatic hydroxyl groups excluding tert-OH is 1. The molecule has 6 nitrogen and oxygen atoms in total. The summed E-state index contributed by atoms with van der Waals surface area (Å²) >= 11 is 1.32. The highest BCUT2D eigenvalue weighted by molar-refractivity contribution is 7.20. The predicted octanol–water partition coefficient (Wildman–Crippen LogP) is 5.33. The molecule has 0 saturated heterocycles. The molecule has 39 heavy (non-hydrogen) atoms. The number of rotatable bonds is 11. The van der Waals surface area contributed by atoms with E-state index in [2.05, 4.69) is 6.92 Å². The third-order valence-electron chi connectivity index (χ3n) is 6.61. The highest BCUT2D eigenvalue weighted by Gasteiger charge is 2.26. The maximum Gasteiger partial charge on any atom is 0.264 e. The van der Waals surface area contributed by atoms with Crippen LogP contribution in [0.1, 0.15) is 33.3 Å². The number of hydrogen-bond donors (Lipinski definition) is 2. The number of ether oxygens (including phenoxy) is 2. The molecule has 9 heteroatoms. The summed E-state index contributed by atoms with van der Waals surface area (Å²) in [6, 6.07) is 15.6. The first-order chi connectivity index (χ1) is 18.7. The molecular weight excluding hydrogens is 522 g/mol. The topological polar surface area (TPSA) is 85.0 Å². The van der Waals surface area contributed by atoms with Crippen LogP contribution in [0.2, 0.25) is 0 Å². The number of hydrogen-bond acceptors (Lipinski definition) is 6. The summed E-state index contributed by atoms with van der Waals surface area (Å²) in [5.41, 5.74) is 8.62. The van der Waals surface area contributed by atoms with Crippen LogP contribution in [-0.2, 0) is 19.4 Å². The summed E-state index contributed by atoms with van der Waals surface area (Å²) in [6.45, 7) is 2.24. The zero-order chi connectivity index (χ0) is 28.1. The van der Waals surface area contributed by atoms with Crippen LogP contribution < -0.4 is 15.2 Å². The van der Waals surface area contributed by atoms with Crippen molar-refractivity contribution >= 4 is 27.3 Å². The van der Waals surface area contributed by atoms with Crippen LogP contribution >= 0.6 is 11.3 Å². The molecule has 0 saturated carbocycles. The van der Waals surface area contributed by atoms with Gasteiger partial charge in [0.2, 0.25) is 0 Å². The van der Waals surface area contributed by atoms with Crippen molar-refractivity contribution in [3.8, 4) is 11.5 Å². The van der Waals surface area contributed by atoms with Gasteiger partial charge in [0.25, 0.3) is 5.91 Å². The minimum absolute atomic E-state index is 0.0447. The fourth-order valence-corrected chi connectivity index (χ4v) is 5.61. The van der Waals surface area contributed by atoms with Crippen LogP contribution in [0, 0.1) is 11.6 Å². The largest absolute Gasteiger partial charge is 0.493 e. The van der Waals surface area contributed by atoms with Gasteiger partial charge in [-0.25, -0.2) is 8.78 Å². The maximum atomic E-state index is 13.8. The number of nitrogens with zero attached hydrogens (tertiary/aromatic N) is 1. The predicted molar refractivity (Wildman–Crippen MR) is 150 cm³/mol. The van der Waals surface area contributed by atoms with Crippen LogP contribution in [0.25, 0.3) is 10.1 Å². The van der Waals surface area contributed by atoms with Crippen LogP contribution in [0.5, 0.6) is 11.5 Å². The Balaban J connectivity index is 1.62. The molecule has 0 aliphatic rings. The number of benzene rings is 3. The molecule has 4 aromatic rings. The fraction of sp³-hybridized carbons (Fsp3) is 0.300. The van der Waals surface area contributed by atoms with Gasteiger partial charge in [0.1, 0.15) is 11.6 Å². The number of aliphatic hydroxyl groups is 1. The average molecular weight is 555 g/mol. The van der Waals surface area contributed by atoms with E-state index in [9.17, 15) is 18.7 Å². The minimum atomic E-state index is -1.14. The summed E-state index contributed by atoms with van der Waals surface area (Å²) in [5, 5.41) is 11.8. The lowest BCUT2D eigenvalue weighted by Gasteiger charge is -2.28. The van der Waals surface area contributed by atoms with Crippen molar-refractivity contribution in [3.05, 3.63) is 93.9 Å². The van der Waals surface area contributed by atoms with E-state index in [1.54, 1.807) is 31.3 Å². The van der Waals surface area contributed by atoms with Crippen molar-refractivity contribution < 1.29 is 28.2 Å². The second-order valence-electron chi connectivity index (χ2n) is 9.40. The van der Waals surface area contributed by atoms with E-state index in [1.165, 1.54) is 23.5 Å². The van der Waals surface area contributed by atoms with Crippen LogP contribution in [0.3, 0.4) is 0 Å². The molecular formula is C30H32F2N2O4S. The molecule has 2 unspecified atom stereocenters. The Hall–Kier alpha value is -3.53. The Morgan fingerprint density at radius 3 is 2.38 bits per heavy atom. The smallest absolute Gasteiger partial charge is 0.264 e. The second-order valence-corrected chi connectivity index (χ2v) is 10.5. The molecule has 3 N–H and O–H groups in total. The van der Waals surface area contributed by atoms with Crippen LogP contribution in [-0.4, -0.2) is 48.8 Å². The highest BCUT2D eigenvalue weighted by Crippen LogP contribution is 2.40. The average Bonchev–Trinajstić information content (AvgIpc) is 3.35. The van der Waals surface area contributed by atoms with Gasteiger partial charge in [-0.3, -0.25) is 4.79 Å². The van der Waals surface area contributed by atoms with E-state index in [-0.39, 0.29) is 25.4 Å². The summed E-state index contributed by atoms with van der Waals surface area (Å²) in [7, 11) is 3.10. The third kappa shape index (κ3) is 6.73. The number of fused-ring (bicyclic) bond motifs is 1. The van der Waals surface area contributed by atoms with Gasteiger partial charge in [-0.1, -0.05) is 31.2 Å².